The quantitative estimate of drug-likeness (QED) is 0.586. The van der Waals surface area contributed by atoms with Gasteiger partial charge in [-0.3, -0.25) is 4.57 Å². The molecule has 0 rings (SSSR count). The predicted octanol–water partition coefficient (Wildman–Crippen LogP) is 1.48. The van der Waals surface area contributed by atoms with Gasteiger partial charge in [-0.2, -0.15) is 0 Å². The fourth-order valence-corrected chi connectivity index (χ4v) is 1.33. The molecular weight excluding hydrogens is 139 g/mol. The molecule has 0 aliphatic rings. The van der Waals surface area contributed by atoms with Gasteiger partial charge in [0, 0.05) is 5.31 Å². The van der Waals surface area contributed by atoms with Gasteiger partial charge in [-0.05, 0) is 13.3 Å². The maximum Gasteiger partial charge on any atom is 0.351 e. The highest BCUT2D eigenvalue weighted by atomic mass is 31.2. The van der Waals surface area contributed by atoms with Crippen molar-refractivity contribution < 1.29 is 14.4 Å². The fourth-order valence-electron chi connectivity index (χ4n) is 0.578. The smallest absolute Gasteiger partial charge is 0.321 e. The first kappa shape index (κ1) is 8.89. The number of hydrogen-bond donors (Lipinski definition) is 2. The van der Waals surface area contributed by atoms with Crippen LogP contribution in [0.1, 0.15) is 20.3 Å². The number of hydrogen-bond acceptors (Lipinski definition) is 1. The molecule has 0 unspecified atom stereocenters. The van der Waals surface area contributed by atoms with Crippen LogP contribution in [0.3, 0.4) is 0 Å². The zero-order valence-electron chi connectivity index (χ0n) is 5.53. The van der Waals surface area contributed by atoms with Gasteiger partial charge in [-0.15, -0.1) is 0 Å². The molecule has 0 heterocycles. The Kier molecular flexibility index (Phi) is 3.12. The Bertz CT molecular complexity index is 156. The standard InChI is InChI=1S/C5H11O3P/c1-3-5(4-2)9(6,7)8/h3H,4H2,1-2H3,(H2,6,7,8). The van der Waals surface area contributed by atoms with Crippen LogP contribution in [0.4, 0.5) is 0 Å². The second kappa shape index (κ2) is 3.16. The first-order valence-corrected chi connectivity index (χ1v) is 4.35. The average molecular weight is 150 g/mol. The Morgan fingerprint density at radius 2 is 2.11 bits per heavy atom. The van der Waals surface area contributed by atoms with E-state index in [1.54, 1.807) is 13.8 Å². The summed E-state index contributed by atoms with van der Waals surface area (Å²) < 4.78 is 10.4. The molecule has 3 nitrogen and oxygen atoms in total. The van der Waals surface area contributed by atoms with Gasteiger partial charge >= 0.3 is 7.60 Å². The molecule has 9 heavy (non-hydrogen) atoms. The molecule has 0 fully saturated rings. The van der Waals surface area contributed by atoms with Gasteiger partial charge in [-0.1, -0.05) is 13.0 Å². The summed E-state index contributed by atoms with van der Waals surface area (Å²) in [5.74, 6) is 0. The lowest BCUT2D eigenvalue weighted by atomic mass is 10.4. The van der Waals surface area contributed by atoms with Crippen molar-refractivity contribution in [2.75, 3.05) is 0 Å². The molecular formula is C5H11O3P. The number of rotatable bonds is 2. The third-order valence-corrected chi connectivity index (χ3v) is 2.39. The van der Waals surface area contributed by atoms with Crippen molar-refractivity contribution in [1.29, 1.82) is 0 Å². The van der Waals surface area contributed by atoms with Crippen LogP contribution in [0.5, 0.6) is 0 Å². The van der Waals surface area contributed by atoms with Crippen molar-refractivity contribution in [2.24, 2.45) is 0 Å². The van der Waals surface area contributed by atoms with E-state index < -0.39 is 7.60 Å². The Morgan fingerprint density at radius 1 is 1.67 bits per heavy atom. The topological polar surface area (TPSA) is 57.5 Å². The number of allylic oxidation sites excluding steroid dienone is 2. The molecule has 0 bridgehead atoms. The zero-order valence-corrected chi connectivity index (χ0v) is 6.43. The van der Waals surface area contributed by atoms with E-state index in [1.165, 1.54) is 6.08 Å². The molecule has 0 spiro atoms. The van der Waals surface area contributed by atoms with Crippen LogP contribution in [-0.4, -0.2) is 9.79 Å². The normalized spacial score (nSPS) is 14.0. The Balaban J connectivity index is 4.34. The summed E-state index contributed by atoms with van der Waals surface area (Å²) in [6, 6.07) is 0. The van der Waals surface area contributed by atoms with Gasteiger partial charge in [0.15, 0.2) is 0 Å². The summed E-state index contributed by atoms with van der Waals surface area (Å²) in [5, 5.41) is 0.211. The highest BCUT2D eigenvalue weighted by Crippen LogP contribution is 2.46. The van der Waals surface area contributed by atoms with Gasteiger partial charge < -0.3 is 9.79 Å². The van der Waals surface area contributed by atoms with Crippen molar-refractivity contribution in [1.82, 2.24) is 0 Å². The van der Waals surface area contributed by atoms with Crippen molar-refractivity contribution in [3.8, 4) is 0 Å². The SMILES string of the molecule is CC=C(CC)P(=O)(O)O. The predicted molar refractivity (Wildman–Crippen MR) is 36.1 cm³/mol. The van der Waals surface area contributed by atoms with Crippen molar-refractivity contribution in [2.45, 2.75) is 20.3 Å². The molecule has 0 aromatic carbocycles. The lowest BCUT2D eigenvalue weighted by molar-refractivity contribution is 0.381. The molecule has 0 amide bonds. The lowest BCUT2D eigenvalue weighted by Gasteiger charge is -2.03. The first-order valence-electron chi connectivity index (χ1n) is 2.73. The van der Waals surface area contributed by atoms with Crippen LogP contribution in [0.25, 0.3) is 0 Å². The van der Waals surface area contributed by atoms with E-state index in [0.29, 0.717) is 6.42 Å². The average Bonchev–Trinajstić information content (AvgIpc) is 1.65. The monoisotopic (exact) mass is 150 g/mol. The summed E-state index contributed by atoms with van der Waals surface area (Å²) in [6.07, 6.45) is 1.88. The van der Waals surface area contributed by atoms with Gasteiger partial charge in [0.25, 0.3) is 0 Å². The third-order valence-electron chi connectivity index (χ3n) is 1.07. The van der Waals surface area contributed by atoms with Crippen molar-refractivity contribution >= 4 is 7.60 Å². The van der Waals surface area contributed by atoms with E-state index in [4.69, 9.17) is 9.79 Å². The second-order valence-electron chi connectivity index (χ2n) is 1.68. The summed E-state index contributed by atoms with van der Waals surface area (Å²) in [6.45, 7) is 3.34. The molecule has 0 aromatic rings. The molecule has 4 heteroatoms. The lowest BCUT2D eigenvalue weighted by Crippen LogP contribution is -1.81. The first-order chi connectivity index (χ1) is 4.02. The van der Waals surface area contributed by atoms with Gasteiger partial charge in [0.05, 0.1) is 0 Å². The van der Waals surface area contributed by atoms with Crippen LogP contribution in [-0.2, 0) is 4.57 Å². The summed E-state index contributed by atoms with van der Waals surface area (Å²) in [7, 11) is -3.91. The van der Waals surface area contributed by atoms with Gasteiger partial charge in [-0.25, -0.2) is 0 Å². The van der Waals surface area contributed by atoms with Crippen LogP contribution in [0, 0.1) is 0 Å². The van der Waals surface area contributed by atoms with E-state index in [0.717, 1.165) is 0 Å². The van der Waals surface area contributed by atoms with Gasteiger partial charge in [0.2, 0.25) is 0 Å². The van der Waals surface area contributed by atoms with E-state index in [-0.39, 0.29) is 5.31 Å². The highest BCUT2D eigenvalue weighted by molar-refractivity contribution is 7.56. The van der Waals surface area contributed by atoms with Crippen LogP contribution in [0.15, 0.2) is 11.4 Å². The Labute approximate surface area is 54.6 Å². The third kappa shape index (κ3) is 2.80. The van der Waals surface area contributed by atoms with E-state index in [9.17, 15) is 4.57 Å². The van der Waals surface area contributed by atoms with Crippen LogP contribution < -0.4 is 0 Å². The van der Waals surface area contributed by atoms with Crippen molar-refractivity contribution in [3.05, 3.63) is 11.4 Å². The minimum Gasteiger partial charge on any atom is -0.321 e. The van der Waals surface area contributed by atoms with Crippen molar-refractivity contribution in [3.63, 3.8) is 0 Å². The summed E-state index contributed by atoms with van der Waals surface area (Å²) in [4.78, 5) is 17.0. The molecule has 0 aliphatic carbocycles. The minimum atomic E-state index is -3.91. The molecule has 0 radical (unpaired) electrons. The fraction of sp³-hybridized carbons (Fsp3) is 0.600. The molecule has 54 valence electrons. The summed E-state index contributed by atoms with van der Waals surface area (Å²) >= 11 is 0. The van der Waals surface area contributed by atoms with E-state index >= 15 is 0 Å². The van der Waals surface area contributed by atoms with E-state index in [1.807, 2.05) is 0 Å². The molecule has 0 atom stereocenters. The molecule has 0 aromatic heterocycles. The largest absolute Gasteiger partial charge is 0.351 e. The molecule has 0 saturated heterocycles. The summed E-state index contributed by atoms with van der Waals surface area (Å²) in [5.41, 5.74) is 0. The highest BCUT2D eigenvalue weighted by Gasteiger charge is 2.16. The van der Waals surface area contributed by atoms with E-state index in [2.05, 4.69) is 0 Å². The molecule has 0 saturated carbocycles. The zero-order chi connectivity index (χ0) is 7.49. The maximum atomic E-state index is 10.4. The van der Waals surface area contributed by atoms with Crippen LogP contribution in [0.2, 0.25) is 0 Å². The minimum absolute atomic E-state index is 0.211. The van der Waals surface area contributed by atoms with Crippen LogP contribution >= 0.6 is 7.60 Å². The Hall–Kier alpha value is -0.110. The Morgan fingerprint density at radius 3 is 2.11 bits per heavy atom. The molecule has 0 aliphatic heterocycles. The second-order valence-corrected chi connectivity index (χ2v) is 3.34. The molecule has 2 N–H and O–H groups in total. The van der Waals surface area contributed by atoms with Gasteiger partial charge in [0.1, 0.15) is 0 Å². The maximum absolute atomic E-state index is 10.4.